The fourth-order valence-corrected chi connectivity index (χ4v) is 5.12. The maximum Gasteiger partial charge on any atom is 0.268 e. The molecule has 172 valence electrons. The Bertz CT molecular complexity index is 1350. The summed E-state index contributed by atoms with van der Waals surface area (Å²) in [6.45, 7) is 3.33. The first-order chi connectivity index (χ1) is 16.5. The Labute approximate surface area is 204 Å². The molecule has 1 atom stereocenters. The minimum atomic E-state index is -0.688. The number of nitrogens with zero attached hydrogens (tertiary/aromatic N) is 4. The zero-order valence-electron chi connectivity index (χ0n) is 18.5. The molecule has 5 rings (SSSR count). The van der Waals surface area contributed by atoms with Crippen molar-refractivity contribution >= 4 is 45.3 Å². The average Bonchev–Trinajstić information content (AvgIpc) is 3.46. The van der Waals surface area contributed by atoms with Crippen molar-refractivity contribution in [1.82, 2.24) is 15.2 Å². The fraction of sp³-hybridized carbons (Fsp3) is 0.208. The zero-order valence-corrected chi connectivity index (χ0v) is 20.2. The Balaban J connectivity index is 1.39. The van der Waals surface area contributed by atoms with Crippen molar-refractivity contribution in [2.24, 2.45) is 0 Å². The summed E-state index contributed by atoms with van der Waals surface area (Å²) in [5.74, 6) is -0.0832. The Hall–Kier alpha value is -3.63. The number of hydrogen-bond donors (Lipinski definition) is 1. The van der Waals surface area contributed by atoms with Crippen molar-refractivity contribution < 1.29 is 14.3 Å². The minimum absolute atomic E-state index is 0.155. The Morgan fingerprint density at radius 3 is 2.76 bits per heavy atom. The molecule has 10 heteroatoms. The molecule has 1 aliphatic heterocycles. The van der Waals surface area contributed by atoms with Crippen molar-refractivity contribution in [1.29, 1.82) is 0 Å². The number of rotatable bonds is 6. The van der Waals surface area contributed by atoms with Crippen molar-refractivity contribution in [2.45, 2.75) is 26.4 Å². The smallest absolute Gasteiger partial charge is 0.268 e. The van der Waals surface area contributed by atoms with Crippen LogP contribution in [0, 0.1) is 6.92 Å². The van der Waals surface area contributed by atoms with Gasteiger partial charge in [0, 0.05) is 17.4 Å². The maximum absolute atomic E-state index is 12.9. The van der Waals surface area contributed by atoms with Gasteiger partial charge in [0.15, 0.2) is 6.10 Å². The third kappa shape index (κ3) is 4.68. The van der Waals surface area contributed by atoms with Crippen LogP contribution in [0.1, 0.15) is 22.5 Å². The van der Waals surface area contributed by atoms with Crippen LogP contribution in [0.5, 0.6) is 5.75 Å². The predicted molar refractivity (Wildman–Crippen MR) is 133 cm³/mol. The van der Waals surface area contributed by atoms with Crippen LogP contribution < -0.4 is 15.0 Å². The van der Waals surface area contributed by atoms with Gasteiger partial charge in [-0.2, -0.15) is 0 Å². The van der Waals surface area contributed by atoms with Crippen LogP contribution in [0.15, 0.2) is 53.9 Å². The van der Waals surface area contributed by atoms with Gasteiger partial charge in [0.25, 0.3) is 5.91 Å². The lowest BCUT2D eigenvalue weighted by Gasteiger charge is -2.32. The van der Waals surface area contributed by atoms with E-state index in [2.05, 4.69) is 27.6 Å². The van der Waals surface area contributed by atoms with Crippen LogP contribution in [0.25, 0.3) is 11.3 Å². The number of anilines is 2. The normalized spacial score (nSPS) is 15.1. The first kappa shape index (κ1) is 22.2. The van der Waals surface area contributed by atoms with Gasteiger partial charge in [-0.1, -0.05) is 41.7 Å². The molecular weight excluding hydrogens is 470 g/mol. The molecule has 0 fully saturated rings. The van der Waals surface area contributed by atoms with Crippen LogP contribution in [0.2, 0.25) is 0 Å². The van der Waals surface area contributed by atoms with Gasteiger partial charge in [-0.15, -0.1) is 21.5 Å². The summed E-state index contributed by atoms with van der Waals surface area (Å²) in [5, 5.41) is 14.7. The zero-order chi connectivity index (χ0) is 23.7. The summed E-state index contributed by atoms with van der Waals surface area (Å²) in [6, 6.07) is 15.8. The van der Waals surface area contributed by atoms with Gasteiger partial charge < -0.3 is 4.74 Å². The van der Waals surface area contributed by atoms with Gasteiger partial charge in [0.2, 0.25) is 11.0 Å². The van der Waals surface area contributed by atoms with Gasteiger partial charge in [-0.25, -0.2) is 4.98 Å². The summed E-state index contributed by atoms with van der Waals surface area (Å²) in [4.78, 5) is 31.8. The second-order valence-electron chi connectivity index (χ2n) is 7.83. The number of carbonyl (C=O) groups excluding carboxylic acids is 2. The highest BCUT2D eigenvalue weighted by molar-refractivity contribution is 7.15. The fourth-order valence-electron chi connectivity index (χ4n) is 3.67. The maximum atomic E-state index is 12.9. The van der Waals surface area contributed by atoms with E-state index in [9.17, 15) is 9.59 Å². The number of thiazole rings is 1. The van der Waals surface area contributed by atoms with Crippen molar-refractivity contribution in [2.75, 3.05) is 16.8 Å². The van der Waals surface area contributed by atoms with Crippen molar-refractivity contribution in [3.8, 4) is 17.0 Å². The average molecular weight is 492 g/mol. The van der Waals surface area contributed by atoms with Gasteiger partial charge in [0.1, 0.15) is 17.3 Å². The summed E-state index contributed by atoms with van der Waals surface area (Å²) in [6.07, 6.45) is 0.0686. The van der Waals surface area contributed by atoms with Gasteiger partial charge in [-0.05, 0) is 37.6 Å². The molecule has 1 aliphatic rings. The largest absolute Gasteiger partial charge is 0.479 e. The monoisotopic (exact) mass is 491 g/mol. The number of fused-ring (bicyclic) bond motifs is 1. The molecule has 4 aromatic rings. The SMILES string of the molecule is Cc1nnc(NC(=O)CN2C(=O)C(C)Oc3ccc(-c4csc(Cc5ccccc5)n4)cc32)s1. The molecule has 0 aliphatic carbocycles. The molecule has 2 aromatic heterocycles. The molecule has 8 nitrogen and oxygen atoms in total. The van der Waals surface area contributed by atoms with E-state index in [1.807, 2.05) is 48.7 Å². The van der Waals surface area contributed by atoms with E-state index in [0.717, 1.165) is 27.7 Å². The number of amides is 2. The summed E-state index contributed by atoms with van der Waals surface area (Å²) in [7, 11) is 0. The number of ether oxygens (including phenoxy) is 1. The molecule has 3 heterocycles. The van der Waals surface area contributed by atoms with Crippen LogP contribution in [0.3, 0.4) is 0 Å². The molecule has 0 bridgehead atoms. The van der Waals surface area contributed by atoms with E-state index in [1.54, 1.807) is 18.3 Å². The third-order valence-corrected chi connectivity index (χ3v) is 6.89. The summed E-state index contributed by atoms with van der Waals surface area (Å²) < 4.78 is 5.79. The van der Waals surface area contributed by atoms with E-state index >= 15 is 0 Å². The van der Waals surface area contributed by atoms with Gasteiger partial charge in [0.05, 0.1) is 16.4 Å². The van der Waals surface area contributed by atoms with E-state index < -0.39 is 6.10 Å². The lowest BCUT2D eigenvalue weighted by molar-refractivity contribution is -0.127. The minimum Gasteiger partial charge on any atom is -0.479 e. The molecule has 1 N–H and O–H groups in total. The lowest BCUT2D eigenvalue weighted by Crippen LogP contribution is -2.47. The third-order valence-electron chi connectivity index (χ3n) is 5.29. The highest BCUT2D eigenvalue weighted by atomic mass is 32.1. The summed E-state index contributed by atoms with van der Waals surface area (Å²) in [5.41, 5.74) is 3.41. The highest BCUT2D eigenvalue weighted by Gasteiger charge is 2.33. The highest BCUT2D eigenvalue weighted by Crippen LogP contribution is 2.38. The van der Waals surface area contributed by atoms with Gasteiger partial charge in [-0.3, -0.25) is 19.8 Å². The Morgan fingerprint density at radius 1 is 1.18 bits per heavy atom. The standard InChI is InChI=1S/C24H21N5O3S2/c1-14-23(31)29(12-21(30)26-24-28-27-15(2)34-24)19-11-17(8-9-20(19)32-14)18-13-33-22(25-18)10-16-6-4-3-5-7-16/h3-9,11,13-14H,10,12H2,1-2H3,(H,26,28,30). The number of aromatic nitrogens is 3. The molecule has 0 saturated heterocycles. The second-order valence-corrected chi connectivity index (χ2v) is 9.95. The molecule has 0 radical (unpaired) electrons. The molecular formula is C24H21N5O3S2. The molecule has 0 spiro atoms. The van der Waals surface area contributed by atoms with Gasteiger partial charge >= 0.3 is 0 Å². The van der Waals surface area contributed by atoms with E-state index in [0.29, 0.717) is 16.6 Å². The van der Waals surface area contributed by atoms with Crippen molar-refractivity contribution in [3.63, 3.8) is 0 Å². The molecule has 0 saturated carbocycles. The topological polar surface area (TPSA) is 97.3 Å². The predicted octanol–water partition coefficient (Wildman–Crippen LogP) is 4.31. The number of nitrogens with one attached hydrogen (secondary N) is 1. The first-order valence-corrected chi connectivity index (χ1v) is 12.4. The molecule has 1 unspecified atom stereocenters. The van der Waals surface area contributed by atoms with E-state index in [4.69, 9.17) is 9.72 Å². The van der Waals surface area contributed by atoms with Crippen LogP contribution in [-0.4, -0.2) is 39.6 Å². The number of carbonyl (C=O) groups is 2. The number of benzene rings is 2. The molecule has 2 amide bonds. The second kappa shape index (κ2) is 9.32. The van der Waals surface area contributed by atoms with E-state index in [-0.39, 0.29) is 18.4 Å². The Kier molecular flexibility index (Phi) is 6.08. The summed E-state index contributed by atoms with van der Waals surface area (Å²) >= 11 is 2.87. The lowest BCUT2D eigenvalue weighted by atomic mass is 10.1. The number of hydrogen-bond acceptors (Lipinski definition) is 8. The molecule has 34 heavy (non-hydrogen) atoms. The van der Waals surface area contributed by atoms with E-state index in [1.165, 1.54) is 21.8 Å². The number of aryl methyl sites for hydroxylation is 1. The molecule has 2 aromatic carbocycles. The quantitative estimate of drug-likeness (QED) is 0.432. The van der Waals surface area contributed by atoms with Crippen LogP contribution in [-0.2, 0) is 16.0 Å². The van der Waals surface area contributed by atoms with Crippen LogP contribution in [0.4, 0.5) is 10.8 Å². The van der Waals surface area contributed by atoms with Crippen LogP contribution >= 0.6 is 22.7 Å². The van der Waals surface area contributed by atoms with Crippen molar-refractivity contribution in [3.05, 3.63) is 69.5 Å². The first-order valence-electron chi connectivity index (χ1n) is 10.7. The Morgan fingerprint density at radius 2 is 2.00 bits per heavy atom.